The molecule has 1 aliphatic heterocycles. The first-order chi connectivity index (χ1) is 17.9. The smallest absolute Gasteiger partial charge is 0.244 e. The fraction of sp³-hybridized carbons (Fsp3) is 0. The SMILES string of the molecule is c1ccc(-n2c3ccccc3c3cc(B4c5ccccc5-c5nc6ccccc6cc54)ccc32)cc1. The molecule has 0 atom stereocenters. The molecule has 0 saturated heterocycles. The van der Waals surface area contributed by atoms with Crippen LogP contribution in [0.3, 0.4) is 0 Å². The summed E-state index contributed by atoms with van der Waals surface area (Å²) in [6.07, 6.45) is 0. The van der Waals surface area contributed by atoms with Crippen LogP contribution in [0.15, 0.2) is 127 Å². The summed E-state index contributed by atoms with van der Waals surface area (Å²) < 4.78 is 2.38. The van der Waals surface area contributed by atoms with Gasteiger partial charge in [-0.15, -0.1) is 0 Å². The highest BCUT2D eigenvalue weighted by atomic mass is 15.0. The van der Waals surface area contributed by atoms with E-state index in [1.807, 2.05) is 0 Å². The number of para-hydroxylation sites is 3. The highest BCUT2D eigenvalue weighted by Crippen LogP contribution is 2.32. The third-order valence-corrected chi connectivity index (χ3v) is 7.64. The molecule has 7 aromatic rings. The predicted molar refractivity (Wildman–Crippen MR) is 153 cm³/mol. The lowest BCUT2D eigenvalue weighted by atomic mass is 9.39. The van der Waals surface area contributed by atoms with Crippen LogP contribution in [0.1, 0.15) is 0 Å². The van der Waals surface area contributed by atoms with Crippen molar-refractivity contribution in [2.75, 3.05) is 0 Å². The van der Waals surface area contributed by atoms with Gasteiger partial charge in [0.2, 0.25) is 6.71 Å². The molecule has 0 aliphatic carbocycles. The van der Waals surface area contributed by atoms with Gasteiger partial charge in [0, 0.05) is 16.5 Å². The molecule has 0 saturated carbocycles. The molecule has 1 aliphatic rings. The van der Waals surface area contributed by atoms with Gasteiger partial charge in [-0.3, -0.25) is 0 Å². The molecule has 2 nitrogen and oxygen atoms in total. The lowest BCUT2D eigenvalue weighted by Gasteiger charge is -2.12. The summed E-state index contributed by atoms with van der Waals surface area (Å²) in [4.78, 5) is 5.12. The summed E-state index contributed by atoms with van der Waals surface area (Å²) in [6.45, 7) is 0.163. The van der Waals surface area contributed by atoms with Crippen molar-refractivity contribution in [3.05, 3.63) is 127 Å². The minimum atomic E-state index is 0.163. The molecule has 0 spiro atoms. The zero-order valence-electron chi connectivity index (χ0n) is 19.6. The van der Waals surface area contributed by atoms with E-state index in [-0.39, 0.29) is 6.71 Å². The van der Waals surface area contributed by atoms with E-state index in [1.54, 1.807) is 0 Å². The van der Waals surface area contributed by atoms with Crippen molar-refractivity contribution < 1.29 is 0 Å². The first kappa shape index (κ1) is 19.7. The third-order valence-electron chi connectivity index (χ3n) is 7.64. The molecule has 8 rings (SSSR count). The minimum absolute atomic E-state index is 0.163. The Morgan fingerprint density at radius 1 is 0.556 bits per heavy atom. The van der Waals surface area contributed by atoms with Crippen LogP contribution in [-0.4, -0.2) is 16.3 Å². The molecular formula is C33H21BN2. The first-order valence-electron chi connectivity index (χ1n) is 12.4. The zero-order chi connectivity index (χ0) is 23.6. The van der Waals surface area contributed by atoms with Crippen LogP contribution in [0.5, 0.6) is 0 Å². The van der Waals surface area contributed by atoms with Crippen molar-refractivity contribution >= 4 is 55.8 Å². The van der Waals surface area contributed by atoms with Crippen LogP contribution < -0.4 is 16.4 Å². The molecule has 3 heterocycles. The standard InChI is InChI=1S/C33H21BN2/c1-2-11-24(12-3-1)36-31-17-9-6-13-25(31)27-21-23(18-19-32(27)36)34-28-15-7-5-14-26(28)33-29(34)20-22-10-4-8-16-30(22)35-33/h1-21H. The Morgan fingerprint density at radius 3 is 2.25 bits per heavy atom. The molecule has 0 unspecified atom stereocenters. The van der Waals surface area contributed by atoms with Crippen molar-refractivity contribution in [3.8, 4) is 16.9 Å². The molecule has 0 bridgehead atoms. The van der Waals surface area contributed by atoms with Gasteiger partial charge in [-0.05, 0) is 46.7 Å². The first-order valence-corrected chi connectivity index (χ1v) is 12.4. The second-order valence-corrected chi connectivity index (χ2v) is 9.60. The Morgan fingerprint density at radius 2 is 1.31 bits per heavy atom. The van der Waals surface area contributed by atoms with Crippen LogP contribution >= 0.6 is 0 Å². The summed E-state index contributed by atoms with van der Waals surface area (Å²) in [5, 5.41) is 3.75. The van der Waals surface area contributed by atoms with Gasteiger partial charge in [-0.2, -0.15) is 0 Å². The quantitative estimate of drug-likeness (QED) is 0.300. The van der Waals surface area contributed by atoms with E-state index < -0.39 is 0 Å². The lowest BCUT2D eigenvalue weighted by Crippen LogP contribution is -2.48. The van der Waals surface area contributed by atoms with E-state index in [4.69, 9.17) is 4.98 Å². The Kier molecular flexibility index (Phi) is 4.06. The van der Waals surface area contributed by atoms with Crippen LogP contribution in [0.25, 0.3) is 49.7 Å². The number of rotatable bonds is 2. The summed E-state index contributed by atoms with van der Waals surface area (Å²) in [7, 11) is 0. The van der Waals surface area contributed by atoms with Crippen LogP contribution in [-0.2, 0) is 0 Å². The van der Waals surface area contributed by atoms with Crippen molar-refractivity contribution in [2.45, 2.75) is 0 Å². The van der Waals surface area contributed by atoms with E-state index in [0.29, 0.717) is 0 Å². The fourth-order valence-electron chi connectivity index (χ4n) is 6.08. The van der Waals surface area contributed by atoms with Crippen LogP contribution in [0, 0.1) is 0 Å². The number of hydrogen-bond donors (Lipinski definition) is 0. The van der Waals surface area contributed by atoms with Gasteiger partial charge in [0.15, 0.2) is 0 Å². The second kappa shape index (κ2) is 7.43. The number of hydrogen-bond acceptors (Lipinski definition) is 1. The van der Waals surface area contributed by atoms with Crippen LogP contribution in [0.2, 0.25) is 0 Å². The van der Waals surface area contributed by atoms with E-state index in [0.717, 1.165) is 11.2 Å². The molecule has 0 radical (unpaired) electrons. The van der Waals surface area contributed by atoms with Gasteiger partial charge in [0.05, 0.1) is 22.2 Å². The average molecular weight is 456 g/mol. The number of aromatic nitrogens is 2. The second-order valence-electron chi connectivity index (χ2n) is 9.60. The van der Waals surface area contributed by atoms with Gasteiger partial charge in [-0.25, -0.2) is 4.98 Å². The lowest BCUT2D eigenvalue weighted by molar-refractivity contribution is 1.18. The molecule has 0 fully saturated rings. The average Bonchev–Trinajstić information content (AvgIpc) is 3.44. The van der Waals surface area contributed by atoms with Crippen LogP contribution in [0.4, 0.5) is 0 Å². The summed E-state index contributed by atoms with van der Waals surface area (Å²) in [6, 6.07) is 45.9. The Bertz CT molecular complexity index is 1950. The maximum Gasteiger partial charge on any atom is 0.244 e. The molecule has 3 heteroatoms. The molecule has 0 N–H and O–H groups in total. The van der Waals surface area contributed by atoms with E-state index >= 15 is 0 Å². The predicted octanol–water partition coefficient (Wildman–Crippen LogP) is 5.83. The van der Waals surface area contributed by atoms with Crippen molar-refractivity contribution in [2.24, 2.45) is 0 Å². The third kappa shape index (κ3) is 2.71. The molecule has 36 heavy (non-hydrogen) atoms. The van der Waals surface area contributed by atoms with Crippen molar-refractivity contribution in [3.63, 3.8) is 0 Å². The van der Waals surface area contributed by atoms with Gasteiger partial charge in [0.1, 0.15) is 0 Å². The number of pyridine rings is 1. The topological polar surface area (TPSA) is 17.8 Å². The van der Waals surface area contributed by atoms with Gasteiger partial charge >= 0.3 is 0 Å². The van der Waals surface area contributed by atoms with Gasteiger partial charge < -0.3 is 4.57 Å². The minimum Gasteiger partial charge on any atom is -0.309 e. The van der Waals surface area contributed by atoms with E-state index in [1.165, 1.54) is 54.8 Å². The molecule has 0 amide bonds. The fourth-order valence-corrected chi connectivity index (χ4v) is 6.08. The highest BCUT2D eigenvalue weighted by molar-refractivity contribution is 6.99. The van der Waals surface area contributed by atoms with Crippen molar-refractivity contribution in [1.82, 2.24) is 9.55 Å². The zero-order valence-corrected chi connectivity index (χ0v) is 19.6. The normalized spacial score (nSPS) is 12.4. The maximum atomic E-state index is 5.12. The maximum absolute atomic E-state index is 5.12. The Labute approximate surface area is 209 Å². The Balaban J connectivity index is 1.41. The van der Waals surface area contributed by atoms with E-state index in [9.17, 15) is 0 Å². The number of nitrogens with zero attached hydrogens (tertiary/aromatic N) is 2. The summed E-state index contributed by atoms with van der Waals surface area (Å²) >= 11 is 0. The summed E-state index contributed by atoms with van der Waals surface area (Å²) in [5.41, 5.74) is 11.0. The van der Waals surface area contributed by atoms with E-state index in [2.05, 4.69) is 132 Å². The molecular weight excluding hydrogens is 435 g/mol. The molecule has 5 aromatic carbocycles. The number of fused-ring (bicyclic) bond motifs is 7. The van der Waals surface area contributed by atoms with Gasteiger partial charge in [-0.1, -0.05) is 108 Å². The monoisotopic (exact) mass is 456 g/mol. The highest BCUT2D eigenvalue weighted by Gasteiger charge is 2.34. The number of benzene rings is 5. The molecule has 166 valence electrons. The molecule has 2 aromatic heterocycles. The van der Waals surface area contributed by atoms with Crippen molar-refractivity contribution in [1.29, 1.82) is 0 Å². The Hall–Kier alpha value is -4.63. The van der Waals surface area contributed by atoms with Gasteiger partial charge in [0.25, 0.3) is 0 Å². The largest absolute Gasteiger partial charge is 0.309 e. The summed E-state index contributed by atoms with van der Waals surface area (Å²) in [5.74, 6) is 0.